The number of carbonyl (C=O) groups excluding carboxylic acids is 2. The number of hydrogen-bond acceptors (Lipinski definition) is 7. The molecule has 2 amide bonds. The van der Waals surface area contributed by atoms with Gasteiger partial charge in [-0.3, -0.25) is 9.59 Å². The summed E-state index contributed by atoms with van der Waals surface area (Å²) < 4.78 is 5.23. The molecule has 3 aliphatic rings. The summed E-state index contributed by atoms with van der Waals surface area (Å²) in [7, 11) is 1.73. The second-order valence-electron chi connectivity index (χ2n) is 12.3. The first-order valence-corrected chi connectivity index (χ1v) is 15.7. The molecule has 0 saturated carbocycles. The molecule has 0 spiro atoms. The lowest BCUT2D eigenvalue weighted by molar-refractivity contribution is -0.123. The van der Waals surface area contributed by atoms with E-state index in [-0.39, 0.29) is 17.7 Å². The largest absolute Gasteiger partial charge is 0.383 e. The third-order valence-corrected chi connectivity index (χ3v) is 9.83. The predicted molar refractivity (Wildman–Crippen MR) is 165 cm³/mol. The summed E-state index contributed by atoms with van der Waals surface area (Å²) in [6, 6.07) is 5.97. The number of fused-ring (bicyclic) bond motifs is 1. The molecule has 5 rings (SSSR count). The molecule has 3 aliphatic heterocycles. The molecule has 228 valence electrons. The number of benzene rings is 1. The lowest BCUT2D eigenvalue weighted by atomic mass is 9.94. The average molecular weight is 597 g/mol. The van der Waals surface area contributed by atoms with Gasteiger partial charge in [0.1, 0.15) is 6.33 Å². The Kier molecular flexibility index (Phi) is 10.1. The van der Waals surface area contributed by atoms with Crippen LogP contribution in [-0.4, -0.2) is 109 Å². The molecule has 4 heterocycles. The Balaban J connectivity index is 1.15. The van der Waals surface area contributed by atoms with Crippen molar-refractivity contribution in [2.45, 2.75) is 40.0 Å². The molecule has 9 nitrogen and oxygen atoms in total. The summed E-state index contributed by atoms with van der Waals surface area (Å²) in [6.07, 6.45) is 4.16. The number of aryl methyl sites for hydroxylation is 3. The average Bonchev–Trinajstić information content (AvgIpc) is 3.55. The maximum atomic E-state index is 13.8. The van der Waals surface area contributed by atoms with Gasteiger partial charge in [0.2, 0.25) is 5.91 Å². The Bertz CT molecular complexity index is 1230. The van der Waals surface area contributed by atoms with Crippen LogP contribution in [0.4, 0.5) is 5.69 Å². The normalized spacial score (nSPS) is 21.6. The first-order chi connectivity index (χ1) is 20.2. The monoisotopic (exact) mass is 596 g/mol. The molecule has 3 saturated heterocycles. The quantitative estimate of drug-likeness (QED) is 0.412. The van der Waals surface area contributed by atoms with E-state index in [9.17, 15) is 9.59 Å². The fourth-order valence-electron chi connectivity index (χ4n) is 6.91. The van der Waals surface area contributed by atoms with Gasteiger partial charge in [-0.25, -0.2) is 9.97 Å². The summed E-state index contributed by atoms with van der Waals surface area (Å²) in [6.45, 7) is 14.4. The number of piperidine rings is 1. The van der Waals surface area contributed by atoms with Crippen molar-refractivity contribution in [1.82, 2.24) is 24.7 Å². The number of methoxy groups -OCH3 is 1. The maximum Gasteiger partial charge on any atom is 0.257 e. The van der Waals surface area contributed by atoms with Crippen molar-refractivity contribution in [3.8, 4) is 0 Å². The van der Waals surface area contributed by atoms with Gasteiger partial charge in [-0.1, -0.05) is 17.7 Å². The second kappa shape index (κ2) is 13.8. The number of amides is 2. The Morgan fingerprint density at radius 3 is 2.26 bits per heavy atom. The van der Waals surface area contributed by atoms with Crippen molar-refractivity contribution in [3.05, 3.63) is 52.1 Å². The van der Waals surface area contributed by atoms with Crippen LogP contribution in [0.5, 0.6) is 0 Å². The van der Waals surface area contributed by atoms with Crippen molar-refractivity contribution in [2.24, 2.45) is 17.8 Å². The summed E-state index contributed by atoms with van der Waals surface area (Å²) >= 11 is 6.50. The van der Waals surface area contributed by atoms with E-state index in [0.29, 0.717) is 29.0 Å². The number of rotatable bonds is 10. The molecular weight excluding hydrogens is 552 g/mol. The minimum absolute atomic E-state index is 0.0285. The van der Waals surface area contributed by atoms with E-state index >= 15 is 0 Å². The van der Waals surface area contributed by atoms with Crippen LogP contribution >= 0.6 is 11.6 Å². The van der Waals surface area contributed by atoms with E-state index in [0.717, 1.165) is 101 Å². The van der Waals surface area contributed by atoms with Gasteiger partial charge in [0.15, 0.2) is 0 Å². The number of likely N-dealkylation sites (tertiary alicyclic amines) is 3. The molecule has 2 aromatic rings. The van der Waals surface area contributed by atoms with Crippen molar-refractivity contribution in [3.63, 3.8) is 0 Å². The van der Waals surface area contributed by atoms with Crippen LogP contribution in [0.2, 0.25) is 5.02 Å². The molecule has 1 aromatic carbocycles. The molecule has 2 unspecified atom stereocenters. The van der Waals surface area contributed by atoms with Gasteiger partial charge in [-0.05, 0) is 89.2 Å². The third kappa shape index (κ3) is 6.96. The zero-order chi connectivity index (χ0) is 29.8. The van der Waals surface area contributed by atoms with Gasteiger partial charge < -0.3 is 24.3 Å². The topological polar surface area (TPSA) is 82.1 Å². The summed E-state index contributed by atoms with van der Waals surface area (Å²) in [5.74, 6) is 1.26. The van der Waals surface area contributed by atoms with Crippen molar-refractivity contribution >= 4 is 29.1 Å². The van der Waals surface area contributed by atoms with E-state index in [1.165, 1.54) is 6.33 Å². The van der Waals surface area contributed by atoms with Gasteiger partial charge >= 0.3 is 0 Å². The number of carbonyl (C=O) groups is 2. The Hall–Kier alpha value is -2.59. The highest BCUT2D eigenvalue weighted by Gasteiger charge is 2.42. The van der Waals surface area contributed by atoms with E-state index in [1.807, 2.05) is 48.8 Å². The van der Waals surface area contributed by atoms with Gasteiger partial charge in [-0.2, -0.15) is 0 Å². The maximum absolute atomic E-state index is 13.8. The van der Waals surface area contributed by atoms with Crippen LogP contribution in [0.1, 0.15) is 46.6 Å². The van der Waals surface area contributed by atoms with Crippen LogP contribution in [-0.2, 0) is 9.53 Å². The molecule has 0 bridgehead atoms. The number of halogens is 1. The summed E-state index contributed by atoms with van der Waals surface area (Å²) in [5.41, 5.74) is 4.05. The van der Waals surface area contributed by atoms with Crippen LogP contribution in [0.3, 0.4) is 0 Å². The standard InChI is InChI=1S/C32H45ClN6O3/c1-22-6-7-28(16-29(22)33)39(31(40)25-8-12-36(13-9-25)14-15-42-4)11-5-10-37-17-26-19-38(20-27(26)18-37)32(41)30-23(2)34-21-35-24(30)3/h6-7,16,21,25-27H,5,8-15,17-20H2,1-4H3. The fraction of sp³-hybridized carbons (Fsp3) is 0.625. The van der Waals surface area contributed by atoms with E-state index in [4.69, 9.17) is 16.3 Å². The van der Waals surface area contributed by atoms with Gasteiger partial charge in [0.05, 0.1) is 23.6 Å². The Morgan fingerprint density at radius 1 is 0.976 bits per heavy atom. The minimum atomic E-state index is 0.0285. The van der Waals surface area contributed by atoms with E-state index in [1.54, 1.807) is 7.11 Å². The van der Waals surface area contributed by atoms with Crippen LogP contribution in [0.25, 0.3) is 0 Å². The van der Waals surface area contributed by atoms with Crippen molar-refractivity contribution in [1.29, 1.82) is 0 Å². The molecule has 10 heteroatoms. The van der Waals surface area contributed by atoms with Crippen LogP contribution in [0.15, 0.2) is 24.5 Å². The smallest absolute Gasteiger partial charge is 0.257 e. The Morgan fingerprint density at radius 2 is 1.64 bits per heavy atom. The predicted octanol–water partition coefficient (Wildman–Crippen LogP) is 3.84. The molecule has 0 aliphatic carbocycles. The molecule has 0 N–H and O–H groups in total. The fourth-order valence-corrected chi connectivity index (χ4v) is 7.09. The zero-order valence-corrected chi connectivity index (χ0v) is 26.3. The Labute approximate surface area is 255 Å². The molecule has 1 aromatic heterocycles. The van der Waals surface area contributed by atoms with Gasteiger partial charge in [0, 0.05) is 63.0 Å². The number of ether oxygens (including phenoxy) is 1. The molecular formula is C32H45ClN6O3. The highest BCUT2D eigenvalue weighted by molar-refractivity contribution is 6.31. The third-order valence-electron chi connectivity index (χ3n) is 9.43. The van der Waals surface area contributed by atoms with Crippen molar-refractivity contribution < 1.29 is 14.3 Å². The first kappa shape index (κ1) is 30.9. The van der Waals surface area contributed by atoms with E-state index in [2.05, 4.69) is 19.8 Å². The molecule has 0 radical (unpaired) electrons. The highest BCUT2D eigenvalue weighted by atomic mass is 35.5. The van der Waals surface area contributed by atoms with Gasteiger partial charge in [-0.15, -0.1) is 0 Å². The van der Waals surface area contributed by atoms with E-state index < -0.39 is 0 Å². The molecule has 3 fully saturated rings. The summed E-state index contributed by atoms with van der Waals surface area (Å²) in [4.78, 5) is 44.5. The number of nitrogens with zero attached hydrogens (tertiary/aromatic N) is 6. The first-order valence-electron chi connectivity index (χ1n) is 15.3. The highest BCUT2D eigenvalue weighted by Crippen LogP contribution is 2.33. The van der Waals surface area contributed by atoms with Crippen molar-refractivity contribution in [2.75, 3.05) is 77.5 Å². The molecule has 2 atom stereocenters. The SMILES string of the molecule is COCCN1CCC(C(=O)N(CCCN2CC3CN(C(=O)c4c(C)ncnc4C)CC3C2)c2ccc(C)c(Cl)c2)CC1. The van der Waals surface area contributed by atoms with Crippen LogP contribution < -0.4 is 4.90 Å². The van der Waals surface area contributed by atoms with Gasteiger partial charge in [0.25, 0.3) is 5.91 Å². The number of hydrogen-bond donors (Lipinski definition) is 0. The van der Waals surface area contributed by atoms with Crippen LogP contribution in [0, 0.1) is 38.5 Å². The second-order valence-corrected chi connectivity index (χ2v) is 12.7. The summed E-state index contributed by atoms with van der Waals surface area (Å²) in [5, 5.41) is 0.693. The number of anilines is 1. The molecule has 42 heavy (non-hydrogen) atoms. The lowest BCUT2D eigenvalue weighted by Gasteiger charge is -2.34. The lowest BCUT2D eigenvalue weighted by Crippen LogP contribution is -2.44. The minimum Gasteiger partial charge on any atom is -0.383 e. The number of aromatic nitrogens is 2. The zero-order valence-electron chi connectivity index (χ0n) is 25.5.